The number of hydrogen-bond donors (Lipinski definition) is 2. The summed E-state index contributed by atoms with van der Waals surface area (Å²) in [4.78, 5) is 13.3. The number of rotatable bonds is 6. The van der Waals surface area contributed by atoms with Crippen LogP contribution in [0.25, 0.3) is 11.3 Å². The highest BCUT2D eigenvalue weighted by Crippen LogP contribution is 2.28. The first-order valence-electron chi connectivity index (χ1n) is 9.96. The monoisotopic (exact) mass is 446 g/mol. The van der Waals surface area contributed by atoms with E-state index < -0.39 is 10.0 Å². The van der Waals surface area contributed by atoms with E-state index in [1.54, 1.807) is 36.4 Å². The van der Waals surface area contributed by atoms with Crippen LogP contribution in [0.2, 0.25) is 0 Å². The van der Waals surface area contributed by atoms with Crippen molar-refractivity contribution in [3.8, 4) is 11.3 Å². The minimum atomic E-state index is -3.77. The second-order valence-electron chi connectivity index (χ2n) is 7.30. The van der Waals surface area contributed by atoms with E-state index in [1.807, 2.05) is 43.3 Å². The number of aryl methyl sites for hydroxylation is 1. The van der Waals surface area contributed by atoms with Crippen molar-refractivity contribution in [2.45, 2.75) is 18.4 Å². The predicted octanol–water partition coefficient (Wildman–Crippen LogP) is 3.61. The molecule has 3 aromatic carbocycles. The van der Waals surface area contributed by atoms with Gasteiger partial charge in [0.15, 0.2) is 0 Å². The predicted molar refractivity (Wildman–Crippen MR) is 123 cm³/mol. The number of carbonyl (C=O) groups excluding carboxylic acids is 1. The summed E-state index contributed by atoms with van der Waals surface area (Å²) in [7, 11) is -3.77. The Balaban J connectivity index is 1.75. The topological polar surface area (TPSA) is 107 Å². The average molecular weight is 447 g/mol. The molecule has 0 spiro atoms. The Bertz CT molecular complexity index is 1370. The highest BCUT2D eigenvalue weighted by atomic mass is 32.2. The van der Waals surface area contributed by atoms with Gasteiger partial charge in [-0.05, 0) is 31.2 Å². The Kier molecular flexibility index (Phi) is 5.89. The molecule has 0 atom stereocenters. The van der Waals surface area contributed by atoms with Crippen LogP contribution in [0.4, 0.5) is 5.82 Å². The Morgan fingerprint density at radius 2 is 1.62 bits per heavy atom. The van der Waals surface area contributed by atoms with Crippen molar-refractivity contribution in [3.05, 3.63) is 102 Å². The summed E-state index contributed by atoms with van der Waals surface area (Å²) >= 11 is 0. The van der Waals surface area contributed by atoms with Gasteiger partial charge in [-0.3, -0.25) is 4.79 Å². The SMILES string of the molecule is Cc1cccc(C(=O)n2nc(-c3ccccc3)c(CNS(=O)(=O)c3ccccc3)c2N)c1. The molecule has 4 rings (SSSR count). The summed E-state index contributed by atoms with van der Waals surface area (Å²) in [6.45, 7) is 1.77. The van der Waals surface area contributed by atoms with Crippen LogP contribution in [0.3, 0.4) is 0 Å². The van der Waals surface area contributed by atoms with Gasteiger partial charge in [-0.2, -0.15) is 9.78 Å². The molecule has 4 aromatic rings. The maximum Gasteiger partial charge on any atom is 0.280 e. The molecule has 0 fully saturated rings. The first-order valence-corrected chi connectivity index (χ1v) is 11.4. The number of nitrogens with zero attached hydrogens (tertiary/aromatic N) is 2. The molecule has 0 aliphatic heterocycles. The van der Waals surface area contributed by atoms with Crippen molar-refractivity contribution in [2.24, 2.45) is 0 Å². The largest absolute Gasteiger partial charge is 0.383 e. The smallest absolute Gasteiger partial charge is 0.280 e. The van der Waals surface area contributed by atoms with Gasteiger partial charge in [0.2, 0.25) is 10.0 Å². The molecule has 0 bridgehead atoms. The fraction of sp³-hybridized carbons (Fsp3) is 0.0833. The molecule has 0 aliphatic rings. The van der Waals surface area contributed by atoms with E-state index in [-0.39, 0.29) is 23.2 Å². The molecule has 7 nitrogen and oxygen atoms in total. The number of aromatic nitrogens is 2. The van der Waals surface area contributed by atoms with E-state index in [2.05, 4.69) is 9.82 Å². The summed E-state index contributed by atoms with van der Waals surface area (Å²) < 4.78 is 29.1. The zero-order valence-electron chi connectivity index (χ0n) is 17.4. The quantitative estimate of drug-likeness (QED) is 0.471. The van der Waals surface area contributed by atoms with Gasteiger partial charge in [0.05, 0.1) is 10.6 Å². The van der Waals surface area contributed by atoms with Crippen LogP contribution >= 0.6 is 0 Å². The third-order valence-corrected chi connectivity index (χ3v) is 6.44. The lowest BCUT2D eigenvalue weighted by Gasteiger charge is -2.08. The lowest BCUT2D eigenvalue weighted by molar-refractivity contribution is 0.0948. The van der Waals surface area contributed by atoms with Crippen LogP contribution in [0.1, 0.15) is 21.5 Å². The minimum Gasteiger partial charge on any atom is -0.383 e. The first-order chi connectivity index (χ1) is 15.4. The number of hydrogen-bond acceptors (Lipinski definition) is 5. The van der Waals surface area contributed by atoms with E-state index in [9.17, 15) is 13.2 Å². The highest BCUT2D eigenvalue weighted by molar-refractivity contribution is 7.89. The van der Waals surface area contributed by atoms with Gasteiger partial charge in [-0.15, -0.1) is 0 Å². The number of carbonyl (C=O) groups is 1. The molecule has 1 aromatic heterocycles. The van der Waals surface area contributed by atoms with Crippen LogP contribution in [0.5, 0.6) is 0 Å². The van der Waals surface area contributed by atoms with Gasteiger partial charge < -0.3 is 5.73 Å². The van der Waals surface area contributed by atoms with E-state index in [4.69, 9.17) is 5.73 Å². The minimum absolute atomic E-state index is 0.0890. The molecular formula is C24H22N4O3S. The fourth-order valence-electron chi connectivity index (χ4n) is 3.37. The molecule has 32 heavy (non-hydrogen) atoms. The Morgan fingerprint density at radius 1 is 0.969 bits per heavy atom. The van der Waals surface area contributed by atoms with Crippen LogP contribution in [-0.2, 0) is 16.6 Å². The lowest BCUT2D eigenvalue weighted by atomic mass is 10.1. The number of benzene rings is 3. The van der Waals surface area contributed by atoms with Gasteiger partial charge >= 0.3 is 0 Å². The molecule has 162 valence electrons. The third kappa shape index (κ3) is 4.32. The summed E-state index contributed by atoms with van der Waals surface area (Å²) in [5, 5.41) is 4.47. The third-order valence-electron chi connectivity index (χ3n) is 5.02. The zero-order valence-corrected chi connectivity index (χ0v) is 18.2. The number of anilines is 1. The average Bonchev–Trinajstić information content (AvgIpc) is 3.14. The van der Waals surface area contributed by atoms with Crippen molar-refractivity contribution < 1.29 is 13.2 Å². The normalized spacial score (nSPS) is 11.4. The van der Waals surface area contributed by atoms with Crippen molar-refractivity contribution in [1.29, 1.82) is 0 Å². The molecule has 8 heteroatoms. The second-order valence-corrected chi connectivity index (χ2v) is 9.07. The van der Waals surface area contributed by atoms with E-state index in [0.29, 0.717) is 16.8 Å². The molecule has 0 saturated heterocycles. The maximum absolute atomic E-state index is 13.1. The van der Waals surface area contributed by atoms with Gasteiger partial charge in [0, 0.05) is 23.2 Å². The van der Waals surface area contributed by atoms with E-state index >= 15 is 0 Å². The number of sulfonamides is 1. The van der Waals surface area contributed by atoms with Crippen molar-refractivity contribution in [3.63, 3.8) is 0 Å². The molecule has 0 amide bonds. The molecule has 0 aliphatic carbocycles. The van der Waals surface area contributed by atoms with E-state index in [0.717, 1.165) is 15.8 Å². The lowest BCUT2D eigenvalue weighted by Crippen LogP contribution is -2.24. The summed E-state index contributed by atoms with van der Waals surface area (Å²) in [6.07, 6.45) is 0. The summed E-state index contributed by atoms with van der Waals surface area (Å²) in [6, 6.07) is 24.4. The van der Waals surface area contributed by atoms with Crippen LogP contribution in [0, 0.1) is 6.92 Å². The van der Waals surface area contributed by atoms with E-state index in [1.165, 1.54) is 12.1 Å². The second kappa shape index (κ2) is 8.78. The van der Waals surface area contributed by atoms with Crippen LogP contribution in [0.15, 0.2) is 89.8 Å². The van der Waals surface area contributed by atoms with Gasteiger partial charge in [0.25, 0.3) is 5.91 Å². The van der Waals surface area contributed by atoms with Gasteiger partial charge in [0.1, 0.15) is 5.82 Å². The van der Waals surface area contributed by atoms with Gasteiger partial charge in [-0.1, -0.05) is 66.2 Å². The number of nitrogen functional groups attached to an aromatic ring is 1. The fourth-order valence-corrected chi connectivity index (χ4v) is 4.39. The molecule has 3 N–H and O–H groups in total. The summed E-state index contributed by atoms with van der Waals surface area (Å²) in [5.74, 6) is -0.299. The molecular weight excluding hydrogens is 424 g/mol. The van der Waals surface area contributed by atoms with Crippen molar-refractivity contribution in [1.82, 2.24) is 14.5 Å². The molecule has 0 unspecified atom stereocenters. The standard InChI is InChI=1S/C24H22N4O3S/c1-17-9-8-12-19(15-17)24(29)28-23(25)21(22(27-28)18-10-4-2-5-11-18)16-26-32(30,31)20-13-6-3-7-14-20/h2-15,26H,16,25H2,1H3. The maximum atomic E-state index is 13.1. The van der Waals surface area contributed by atoms with Crippen molar-refractivity contribution >= 4 is 21.7 Å². The first kappa shape index (κ1) is 21.5. The highest BCUT2D eigenvalue weighted by Gasteiger charge is 2.23. The zero-order chi connectivity index (χ0) is 22.7. The van der Waals surface area contributed by atoms with Crippen molar-refractivity contribution in [2.75, 3.05) is 5.73 Å². The van der Waals surface area contributed by atoms with Gasteiger partial charge in [-0.25, -0.2) is 13.1 Å². The summed E-state index contributed by atoms with van der Waals surface area (Å²) in [5.41, 5.74) is 9.30. The molecule has 0 saturated carbocycles. The molecule has 0 radical (unpaired) electrons. The van der Waals surface area contributed by atoms with Crippen LogP contribution < -0.4 is 10.5 Å². The Labute approximate surface area is 186 Å². The number of nitrogens with one attached hydrogen (secondary N) is 1. The van der Waals surface area contributed by atoms with Crippen LogP contribution in [-0.4, -0.2) is 24.1 Å². The Morgan fingerprint density at radius 3 is 2.28 bits per heavy atom. The Hall–Kier alpha value is -3.75. The number of nitrogens with two attached hydrogens (primary N) is 1. The molecule has 1 heterocycles.